The minimum Gasteiger partial charge on any atom is -0.228 e. The normalized spacial score (nSPS) is 12.8. The first-order valence-electron chi connectivity index (χ1n) is 5.11. The second kappa shape index (κ2) is 5.31. The summed E-state index contributed by atoms with van der Waals surface area (Å²) in [5, 5.41) is 3.02. The van der Waals surface area contributed by atoms with Crippen molar-refractivity contribution in [1.29, 1.82) is 0 Å². The Morgan fingerprint density at radius 1 is 0.905 bits per heavy atom. The smallest absolute Gasteiger partial charge is 0.228 e. The zero-order chi connectivity index (χ0) is 16.0. The van der Waals surface area contributed by atoms with Crippen LogP contribution in [-0.4, -0.2) is 9.78 Å². The molecule has 1 heterocycles. The highest BCUT2D eigenvalue weighted by atomic mass is 79.9. The van der Waals surface area contributed by atoms with Crippen LogP contribution in [0.1, 0.15) is 11.4 Å². The van der Waals surface area contributed by atoms with Crippen LogP contribution in [-0.2, 0) is 12.4 Å². The van der Waals surface area contributed by atoms with Crippen molar-refractivity contribution >= 4 is 31.9 Å². The molecule has 1 aromatic carbocycles. The number of hydrogen-bond acceptors (Lipinski definition) is 1. The van der Waals surface area contributed by atoms with E-state index in [9.17, 15) is 26.3 Å². The van der Waals surface area contributed by atoms with Gasteiger partial charge in [0.05, 0.1) is 5.69 Å². The molecule has 1 radical (unpaired) electrons. The van der Waals surface area contributed by atoms with Gasteiger partial charge < -0.3 is 0 Å². The van der Waals surface area contributed by atoms with Gasteiger partial charge in [-0.15, -0.1) is 0 Å². The lowest BCUT2D eigenvalue weighted by Crippen LogP contribution is -2.13. The van der Waals surface area contributed by atoms with Crippen molar-refractivity contribution in [2.24, 2.45) is 0 Å². The van der Waals surface area contributed by atoms with Crippen LogP contribution in [0.2, 0.25) is 0 Å². The van der Waals surface area contributed by atoms with Crippen molar-refractivity contribution in [3.63, 3.8) is 0 Å². The maximum absolute atomic E-state index is 12.9. The summed E-state index contributed by atoms with van der Waals surface area (Å²) in [6.07, 6.45) is -9.95. The Hall–Kier alpha value is -1.03. The van der Waals surface area contributed by atoms with Gasteiger partial charge in [-0.3, -0.25) is 0 Å². The third-order valence-electron chi connectivity index (χ3n) is 2.32. The first kappa shape index (κ1) is 16.3. The van der Waals surface area contributed by atoms with E-state index in [-0.39, 0.29) is 25.4 Å². The second-order valence-corrected chi connectivity index (χ2v) is 5.57. The van der Waals surface area contributed by atoms with Gasteiger partial charge >= 0.3 is 12.4 Å². The van der Waals surface area contributed by atoms with Gasteiger partial charge in [-0.1, -0.05) is 31.9 Å². The Kier molecular flexibility index (Phi) is 4.13. The Balaban J connectivity index is 2.69. The summed E-state index contributed by atoms with van der Waals surface area (Å²) < 4.78 is 77.1. The van der Waals surface area contributed by atoms with Crippen LogP contribution in [0.25, 0.3) is 5.69 Å². The van der Waals surface area contributed by atoms with Crippen LogP contribution in [0.3, 0.4) is 0 Å². The van der Waals surface area contributed by atoms with E-state index in [2.05, 4.69) is 43.0 Å². The molecule has 1 aromatic heterocycles. The number of benzene rings is 1. The summed E-state index contributed by atoms with van der Waals surface area (Å²) in [6.45, 7) is 0. The number of halogens is 8. The van der Waals surface area contributed by atoms with E-state index >= 15 is 0 Å². The topological polar surface area (TPSA) is 17.8 Å². The average Bonchev–Trinajstić information content (AvgIpc) is 2.70. The van der Waals surface area contributed by atoms with E-state index in [4.69, 9.17) is 0 Å². The van der Waals surface area contributed by atoms with Crippen molar-refractivity contribution in [2.75, 3.05) is 0 Å². The Morgan fingerprint density at radius 2 is 1.43 bits per heavy atom. The van der Waals surface area contributed by atoms with Gasteiger partial charge in [0, 0.05) is 21.1 Å². The zero-order valence-electron chi connectivity index (χ0n) is 9.65. The first-order valence-corrected chi connectivity index (χ1v) is 6.70. The molecule has 0 atom stereocenters. The minimum atomic E-state index is -4.98. The molecule has 0 aliphatic heterocycles. The Morgan fingerprint density at radius 3 is 1.86 bits per heavy atom. The molecular weight excluding hydrogens is 434 g/mol. The van der Waals surface area contributed by atoms with Crippen LogP contribution < -0.4 is 0 Å². The maximum atomic E-state index is 12.9. The van der Waals surface area contributed by atoms with Gasteiger partial charge in [0.1, 0.15) is 5.69 Å². The molecular formula is C11H3Br2F6N2. The fourth-order valence-corrected chi connectivity index (χ4v) is 2.69. The molecule has 0 saturated carbocycles. The Labute approximate surface area is 131 Å². The zero-order valence-corrected chi connectivity index (χ0v) is 12.8. The highest BCUT2D eigenvalue weighted by molar-refractivity contribution is 9.11. The molecule has 0 aliphatic rings. The molecule has 2 aromatic rings. The van der Waals surface area contributed by atoms with Gasteiger partial charge in [-0.05, 0) is 12.1 Å². The van der Waals surface area contributed by atoms with Gasteiger partial charge in [-0.2, -0.15) is 31.4 Å². The van der Waals surface area contributed by atoms with Gasteiger partial charge in [0.2, 0.25) is 0 Å². The maximum Gasteiger partial charge on any atom is 0.435 e. The van der Waals surface area contributed by atoms with E-state index in [1.807, 2.05) is 0 Å². The van der Waals surface area contributed by atoms with Gasteiger partial charge in [-0.25, -0.2) is 4.68 Å². The summed E-state index contributed by atoms with van der Waals surface area (Å²) >= 11 is 6.00. The van der Waals surface area contributed by atoms with Crippen molar-refractivity contribution in [3.8, 4) is 5.69 Å². The van der Waals surface area contributed by atoms with Gasteiger partial charge in [0.25, 0.3) is 0 Å². The van der Waals surface area contributed by atoms with Crippen molar-refractivity contribution in [2.45, 2.75) is 12.4 Å². The number of alkyl halides is 6. The minimum absolute atomic E-state index is 0.0292. The number of aromatic nitrogens is 2. The van der Waals surface area contributed by atoms with E-state index in [1.54, 1.807) is 0 Å². The molecule has 2 nitrogen and oxygen atoms in total. The number of nitrogens with zero attached hydrogens (tertiary/aromatic N) is 2. The summed E-state index contributed by atoms with van der Waals surface area (Å²) in [5.41, 5.74) is -3.31. The predicted molar refractivity (Wildman–Crippen MR) is 67.8 cm³/mol. The molecule has 0 unspecified atom stereocenters. The van der Waals surface area contributed by atoms with E-state index < -0.39 is 23.7 Å². The Bertz CT molecular complexity index is 654. The van der Waals surface area contributed by atoms with E-state index in [1.165, 1.54) is 12.1 Å². The predicted octanol–water partition coefficient (Wildman–Crippen LogP) is 5.24. The van der Waals surface area contributed by atoms with Crippen LogP contribution in [0.15, 0.2) is 27.1 Å². The van der Waals surface area contributed by atoms with Crippen LogP contribution in [0, 0.1) is 6.07 Å². The summed E-state index contributed by atoms with van der Waals surface area (Å²) in [7, 11) is 0. The molecule has 10 heteroatoms. The van der Waals surface area contributed by atoms with Crippen LogP contribution in [0.5, 0.6) is 0 Å². The largest absolute Gasteiger partial charge is 0.435 e. The number of rotatable bonds is 1. The van der Waals surface area contributed by atoms with Crippen molar-refractivity contribution in [1.82, 2.24) is 9.78 Å². The summed E-state index contributed by atoms with van der Waals surface area (Å²) in [6, 6.07) is 4.98. The highest BCUT2D eigenvalue weighted by Crippen LogP contribution is 2.37. The fourth-order valence-electron chi connectivity index (χ4n) is 1.53. The number of hydrogen-bond donors (Lipinski definition) is 0. The molecule has 0 bridgehead atoms. The molecule has 21 heavy (non-hydrogen) atoms. The highest BCUT2D eigenvalue weighted by Gasteiger charge is 2.42. The standard InChI is InChI=1S/C11H3Br2F6N2/c12-5-1-6(13)3-7(2-5)21-9(11(17,18)19)4-8(20-21)10(14,15)16/h2-4H. The lowest BCUT2D eigenvalue weighted by atomic mass is 10.3. The molecule has 0 N–H and O–H groups in total. The van der Waals surface area contributed by atoms with Gasteiger partial charge in [0.15, 0.2) is 5.69 Å². The molecule has 113 valence electrons. The van der Waals surface area contributed by atoms with E-state index in [0.717, 1.165) is 0 Å². The lowest BCUT2D eigenvalue weighted by molar-refractivity contribution is -0.143. The van der Waals surface area contributed by atoms with E-state index in [0.29, 0.717) is 0 Å². The molecule has 0 fully saturated rings. The fraction of sp³-hybridized carbons (Fsp3) is 0.182. The molecule has 0 aliphatic carbocycles. The monoisotopic (exact) mass is 435 g/mol. The summed E-state index contributed by atoms with van der Waals surface area (Å²) in [5.74, 6) is 0. The first-order chi connectivity index (χ1) is 9.48. The van der Waals surface area contributed by atoms with Crippen LogP contribution in [0.4, 0.5) is 26.3 Å². The molecule has 0 amide bonds. The lowest BCUT2D eigenvalue weighted by Gasteiger charge is -2.10. The second-order valence-electron chi connectivity index (χ2n) is 3.86. The molecule has 2 rings (SSSR count). The third-order valence-corrected chi connectivity index (χ3v) is 3.18. The third kappa shape index (κ3) is 3.60. The quantitative estimate of drug-likeness (QED) is 0.559. The molecule has 0 saturated heterocycles. The molecule has 0 spiro atoms. The van der Waals surface area contributed by atoms with Crippen molar-refractivity contribution in [3.05, 3.63) is 44.6 Å². The summed E-state index contributed by atoms with van der Waals surface area (Å²) in [4.78, 5) is 0. The van der Waals surface area contributed by atoms with Crippen LogP contribution >= 0.6 is 31.9 Å². The SMILES string of the molecule is FC(F)(F)c1cc(C(F)(F)F)n(-c2cc(Br)[c]c(Br)c2)n1. The van der Waals surface area contributed by atoms with Crippen molar-refractivity contribution < 1.29 is 26.3 Å². The average molecular weight is 437 g/mol.